The lowest BCUT2D eigenvalue weighted by Gasteiger charge is -2.11. The molecule has 0 saturated carbocycles. The van der Waals surface area contributed by atoms with E-state index < -0.39 is 0 Å². The maximum absolute atomic E-state index is 12.8. The monoisotopic (exact) mass is 274 g/mol. The Morgan fingerprint density at radius 3 is 2.73 bits per heavy atom. The molecule has 0 heterocycles. The van der Waals surface area contributed by atoms with Crippen LogP contribution in [0.5, 0.6) is 0 Å². The molecule has 0 atom stereocenters. The summed E-state index contributed by atoms with van der Waals surface area (Å²) in [5.74, 6) is -0.209. The van der Waals surface area contributed by atoms with Crippen LogP contribution in [0.1, 0.15) is 5.56 Å². The van der Waals surface area contributed by atoms with Crippen molar-refractivity contribution in [2.75, 3.05) is 27.2 Å². The van der Waals surface area contributed by atoms with E-state index in [1.807, 2.05) is 14.1 Å². The van der Waals surface area contributed by atoms with Gasteiger partial charge >= 0.3 is 0 Å². The van der Waals surface area contributed by atoms with Gasteiger partial charge < -0.3 is 10.2 Å². The van der Waals surface area contributed by atoms with Gasteiger partial charge in [-0.25, -0.2) is 4.39 Å². The first-order valence-corrected chi connectivity index (χ1v) is 5.68. The molecule has 0 bridgehead atoms. The van der Waals surface area contributed by atoms with E-state index in [4.69, 9.17) is 0 Å². The summed E-state index contributed by atoms with van der Waals surface area (Å²) < 4.78 is 13.6. The Kier molecular flexibility index (Phi) is 5.22. The second-order valence-electron chi connectivity index (χ2n) is 3.72. The van der Waals surface area contributed by atoms with Crippen LogP contribution in [0, 0.1) is 5.82 Å². The number of hydrogen-bond acceptors (Lipinski definition) is 2. The summed E-state index contributed by atoms with van der Waals surface area (Å²) in [6.45, 7) is 2.68. The summed E-state index contributed by atoms with van der Waals surface area (Å²) in [6.07, 6.45) is 0. The Balaban J connectivity index is 2.37. The van der Waals surface area contributed by atoms with E-state index in [-0.39, 0.29) is 5.82 Å². The molecule has 0 spiro atoms. The minimum absolute atomic E-state index is 0.209. The molecule has 1 aromatic carbocycles. The molecule has 15 heavy (non-hydrogen) atoms. The lowest BCUT2D eigenvalue weighted by Crippen LogP contribution is -2.26. The molecule has 84 valence electrons. The van der Waals surface area contributed by atoms with Crippen LogP contribution in [0.3, 0.4) is 0 Å². The number of likely N-dealkylation sites (N-methyl/N-ethyl adjacent to an activating group) is 1. The molecule has 0 amide bonds. The molecule has 0 saturated heterocycles. The van der Waals surface area contributed by atoms with E-state index in [0.717, 1.165) is 29.7 Å². The molecule has 0 fully saturated rings. The third-order valence-electron chi connectivity index (χ3n) is 2.07. The highest BCUT2D eigenvalue weighted by atomic mass is 79.9. The van der Waals surface area contributed by atoms with Gasteiger partial charge in [0.2, 0.25) is 0 Å². The fourth-order valence-electron chi connectivity index (χ4n) is 1.19. The molecule has 4 heteroatoms. The van der Waals surface area contributed by atoms with Gasteiger partial charge in [0.15, 0.2) is 0 Å². The molecule has 0 aromatic heterocycles. The van der Waals surface area contributed by atoms with E-state index in [0.29, 0.717) is 0 Å². The van der Waals surface area contributed by atoms with Crippen LogP contribution < -0.4 is 5.32 Å². The topological polar surface area (TPSA) is 15.3 Å². The van der Waals surface area contributed by atoms with E-state index in [1.165, 1.54) is 12.1 Å². The highest BCUT2D eigenvalue weighted by Gasteiger charge is 2.00. The molecular weight excluding hydrogens is 259 g/mol. The Morgan fingerprint density at radius 1 is 1.40 bits per heavy atom. The summed E-state index contributed by atoms with van der Waals surface area (Å²) >= 11 is 3.34. The molecule has 0 unspecified atom stereocenters. The summed E-state index contributed by atoms with van der Waals surface area (Å²) in [7, 11) is 4.07. The molecule has 1 N–H and O–H groups in total. The second kappa shape index (κ2) is 6.20. The van der Waals surface area contributed by atoms with Crippen LogP contribution in [0.15, 0.2) is 22.7 Å². The van der Waals surface area contributed by atoms with E-state index in [2.05, 4.69) is 26.1 Å². The first-order chi connectivity index (χ1) is 7.09. The molecule has 0 radical (unpaired) electrons. The van der Waals surface area contributed by atoms with Crippen molar-refractivity contribution in [3.8, 4) is 0 Å². The average Bonchev–Trinajstić information content (AvgIpc) is 2.14. The predicted molar refractivity (Wildman–Crippen MR) is 64.4 cm³/mol. The molecule has 0 aliphatic carbocycles. The molecule has 0 aliphatic heterocycles. The maximum atomic E-state index is 12.8. The Bertz CT molecular complexity index is 315. The van der Waals surface area contributed by atoms with Gasteiger partial charge in [0, 0.05) is 24.1 Å². The van der Waals surface area contributed by atoms with Crippen LogP contribution in [0.2, 0.25) is 0 Å². The van der Waals surface area contributed by atoms with Gasteiger partial charge in [0.05, 0.1) is 0 Å². The van der Waals surface area contributed by atoms with Gasteiger partial charge in [-0.2, -0.15) is 0 Å². The molecule has 1 aromatic rings. The average molecular weight is 275 g/mol. The van der Waals surface area contributed by atoms with Crippen molar-refractivity contribution in [3.63, 3.8) is 0 Å². The smallest absolute Gasteiger partial charge is 0.124 e. The van der Waals surface area contributed by atoms with Gasteiger partial charge in [-0.05, 0) is 31.8 Å². The summed E-state index contributed by atoms with van der Waals surface area (Å²) in [4.78, 5) is 2.12. The van der Waals surface area contributed by atoms with Crippen LogP contribution in [-0.2, 0) is 6.54 Å². The highest BCUT2D eigenvalue weighted by Crippen LogP contribution is 2.17. The van der Waals surface area contributed by atoms with Crippen LogP contribution in [-0.4, -0.2) is 32.1 Å². The van der Waals surface area contributed by atoms with Gasteiger partial charge in [0.25, 0.3) is 0 Å². The molecule has 0 aliphatic rings. The normalized spacial score (nSPS) is 11.0. The van der Waals surface area contributed by atoms with Crippen molar-refractivity contribution in [2.45, 2.75) is 6.54 Å². The maximum Gasteiger partial charge on any atom is 0.124 e. The number of halogens is 2. The highest BCUT2D eigenvalue weighted by molar-refractivity contribution is 9.10. The minimum atomic E-state index is -0.209. The number of benzene rings is 1. The lowest BCUT2D eigenvalue weighted by molar-refractivity contribution is 0.400. The zero-order valence-electron chi connectivity index (χ0n) is 9.06. The lowest BCUT2D eigenvalue weighted by atomic mass is 10.2. The van der Waals surface area contributed by atoms with Gasteiger partial charge in [-0.1, -0.05) is 22.0 Å². The molecular formula is C11H16BrFN2. The van der Waals surface area contributed by atoms with E-state index in [1.54, 1.807) is 6.07 Å². The fourth-order valence-corrected chi connectivity index (χ4v) is 1.68. The fraction of sp³-hybridized carbons (Fsp3) is 0.455. The van der Waals surface area contributed by atoms with Crippen molar-refractivity contribution in [2.24, 2.45) is 0 Å². The first-order valence-electron chi connectivity index (χ1n) is 4.89. The van der Waals surface area contributed by atoms with Crippen molar-refractivity contribution >= 4 is 15.9 Å². The molecule has 2 nitrogen and oxygen atoms in total. The summed E-state index contributed by atoms with van der Waals surface area (Å²) in [5, 5.41) is 3.30. The van der Waals surface area contributed by atoms with E-state index >= 15 is 0 Å². The zero-order valence-corrected chi connectivity index (χ0v) is 10.6. The summed E-state index contributed by atoms with van der Waals surface area (Å²) in [5.41, 5.74) is 1.08. The third-order valence-corrected chi connectivity index (χ3v) is 2.80. The Labute approximate surface area is 98.6 Å². The van der Waals surface area contributed by atoms with Crippen LogP contribution >= 0.6 is 15.9 Å². The van der Waals surface area contributed by atoms with Crippen LogP contribution in [0.4, 0.5) is 4.39 Å². The van der Waals surface area contributed by atoms with E-state index in [9.17, 15) is 4.39 Å². The number of hydrogen-bond donors (Lipinski definition) is 1. The standard InChI is InChI=1S/C11H16BrFN2/c1-15(2)6-5-14-8-9-3-4-10(13)7-11(9)12/h3-4,7,14H,5-6,8H2,1-2H3. The predicted octanol–water partition coefficient (Wildman–Crippen LogP) is 2.24. The summed E-state index contributed by atoms with van der Waals surface area (Å²) in [6, 6.07) is 4.76. The third kappa shape index (κ3) is 4.73. The largest absolute Gasteiger partial charge is 0.311 e. The van der Waals surface area contributed by atoms with Crippen LogP contribution in [0.25, 0.3) is 0 Å². The zero-order chi connectivity index (χ0) is 11.3. The second-order valence-corrected chi connectivity index (χ2v) is 4.57. The van der Waals surface area contributed by atoms with Crippen molar-refractivity contribution < 1.29 is 4.39 Å². The van der Waals surface area contributed by atoms with Crippen molar-refractivity contribution in [3.05, 3.63) is 34.1 Å². The SMILES string of the molecule is CN(C)CCNCc1ccc(F)cc1Br. The van der Waals surface area contributed by atoms with Gasteiger partial charge in [-0.3, -0.25) is 0 Å². The van der Waals surface area contributed by atoms with Gasteiger partial charge in [0.1, 0.15) is 5.82 Å². The Morgan fingerprint density at radius 2 is 2.13 bits per heavy atom. The number of nitrogens with one attached hydrogen (secondary N) is 1. The Hall–Kier alpha value is -0.450. The number of nitrogens with zero attached hydrogens (tertiary/aromatic N) is 1. The quantitative estimate of drug-likeness (QED) is 0.829. The van der Waals surface area contributed by atoms with Crippen molar-refractivity contribution in [1.82, 2.24) is 10.2 Å². The molecule has 1 rings (SSSR count). The minimum Gasteiger partial charge on any atom is -0.311 e. The first kappa shape index (κ1) is 12.6. The number of rotatable bonds is 5. The van der Waals surface area contributed by atoms with Gasteiger partial charge in [-0.15, -0.1) is 0 Å². The van der Waals surface area contributed by atoms with Crippen molar-refractivity contribution in [1.29, 1.82) is 0 Å².